The predicted octanol–water partition coefficient (Wildman–Crippen LogP) is 6.18. The fourth-order valence-corrected chi connectivity index (χ4v) is 4.67. The van der Waals surface area contributed by atoms with Gasteiger partial charge in [-0.1, -0.05) is 80.6 Å². The number of hydrogen-bond acceptors (Lipinski definition) is 1. The Morgan fingerprint density at radius 3 is 2.59 bits per heavy atom. The second-order valence-electron chi connectivity index (χ2n) is 8.08. The molecule has 132 valence electrons. The molecule has 3 aromatic carbocycles. The Morgan fingerprint density at radius 1 is 0.889 bits per heavy atom. The van der Waals surface area contributed by atoms with Crippen LogP contribution in [0.25, 0.3) is 17.2 Å². The summed E-state index contributed by atoms with van der Waals surface area (Å²) in [7, 11) is 0. The van der Waals surface area contributed by atoms with E-state index in [0.29, 0.717) is 0 Å². The van der Waals surface area contributed by atoms with Crippen molar-refractivity contribution in [2.24, 2.45) is 0 Å². The van der Waals surface area contributed by atoms with Gasteiger partial charge in [-0.25, -0.2) is 0 Å². The van der Waals surface area contributed by atoms with E-state index in [-0.39, 0.29) is 11.2 Å². The molecule has 3 aromatic rings. The Balaban J connectivity index is 1.63. The Labute approximate surface area is 160 Å². The first-order valence-electron chi connectivity index (χ1n) is 9.65. The normalized spacial score (nSPS) is 15.8. The number of allylic oxidation sites excluding steroid dienone is 1. The lowest BCUT2D eigenvalue weighted by Crippen LogP contribution is -2.16. The predicted molar refractivity (Wildman–Crippen MR) is 111 cm³/mol. The summed E-state index contributed by atoms with van der Waals surface area (Å²) < 4.78 is 0. The van der Waals surface area contributed by atoms with E-state index in [1.807, 2.05) is 18.2 Å². The number of benzene rings is 3. The third-order valence-corrected chi connectivity index (χ3v) is 6.15. The minimum atomic E-state index is -0.0851. The van der Waals surface area contributed by atoms with Crippen LogP contribution in [0.1, 0.15) is 58.4 Å². The van der Waals surface area contributed by atoms with Crippen LogP contribution in [0.15, 0.2) is 66.7 Å². The summed E-state index contributed by atoms with van der Waals surface area (Å²) in [5, 5.41) is 0. The molecule has 1 nitrogen and oxygen atoms in total. The molecule has 27 heavy (non-hydrogen) atoms. The Morgan fingerprint density at radius 2 is 1.70 bits per heavy atom. The monoisotopic (exact) mass is 350 g/mol. The standard InChI is InChI=1S/C26H22O/c1-26(2)23-13-6-5-11-20(23)21-15-14-18(16-24(21)26)25(27)22-12-7-9-17-8-3-4-10-19(17)22/h4-7,9-16H,3,8H2,1-2H3. The van der Waals surface area contributed by atoms with Gasteiger partial charge >= 0.3 is 0 Å². The van der Waals surface area contributed by atoms with E-state index in [2.05, 4.69) is 68.5 Å². The summed E-state index contributed by atoms with van der Waals surface area (Å²) in [5.41, 5.74) is 9.00. The fourth-order valence-electron chi connectivity index (χ4n) is 4.67. The first-order chi connectivity index (χ1) is 13.1. The first-order valence-corrected chi connectivity index (χ1v) is 9.65. The average molecular weight is 350 g/mol. The van der Waals surface area contributed by atoms with Crippen LogP contribution in [-0.2, 0) is 11.8 Å². The number of carbonyl (C=O) groups excluding carboxylic acids is 1. The van der Waals surface area contributed by atoms with Crippen molar-refractivity contribution >= 4 is 11.9 Å². The van der Waals surface area contributed by atoms with Crippen molar-refractivity contribution in [3.05, 3.63) is 100 Å². The zero-order valence-electron chi connectivity index (χ0n) is 15.8. The summed E-state index contributed by atoms with van der Waals surface area (Å²) in [6, 6.07) is 20.9. The largest absolute Gasteiger partial charge is 0.289 e. The van der Waals surface area contributed by atoms with Crippen molar-refractivity contribution in [1.82, 2.24) is 0 Å². The highest BCUT2D eigenvalue weighted by Crippen LogP contribution is 2.48. The van der Waals surface area contributed by atoms with Gasteiger partial charge in [0.05, 0.1) is 0 Å². The van der Waals surface area contributed by atoms with Crippen molar-refractivity contribution in [2.75, 3.05) is 0 Å². The van der Waals surface area contributed by atoms with Gasteiger partial charge in [0, 0.05) is 16.5 Å². The van der Waals surface area contributed by atoms with Crippen molar-refractivity contribution in [1.29, 1.82) is 0 Å². The molecule has 2 aliphatic rings. The van der Waals surface area contributed by atoms with Crippen LogP contribution < -0.4 is 0 Å². The van der Waals surface area contributed by atoms with Gasteiger partial charge in [-0.2, -0.15) is 0 Å². The first kappa shape index (κ1) is 16.3. The van der Waals surface area contributed by atoms with Crippen LogP contribution in [-0.4, -0.2) is 5.78 Å². The maximum atomic E-state index is 13.4. The van der Waals surface area contributed by atoms with E-state index >= 15 is 0 Å². The lowest BCUT2D eigenvalue weighted by Gasteiger charge is -2.22. The molecule has 0 heterocycles. The molecule has 5 rings (SSSR count). The van der Waals surface area contributed by atoms with E-state index in [4.69, 9.17) is 0 Å². The number of carbonyl (C=O) groups is 1. The van der Waals surface area contributed by atoms with E-state index in [1.165, 1.54) is 27.8 Å². The van der Waals surface area contributed by atoms with Crippen LogP contribution in [0.4, 0.5) is 0 Å². The van der Waals surface area contributed by atoms with Crippen molar-refractivity contribution < 1.29 is 4.79 Å². The molecule has 2 aliphatic carbocycles. The number of hydrogen-bond donors (Lipinski definition) is 0. The van der Waals surface area contributed by atoms with Crippen molar-refractivity contribution in [3.8, 4) is 11.1 Å². The summed E-state index contributed by atoms with van der Waals surface area (Å²) in [5.74, 6) is 0.118. The Kier molecular flexibility index (Phi) is 3.48. The number of fused-ring (bicyclic) bond motifs is 4. The molecule has 0 unspecified atom stereocenters. The van der Waals surface area contributed by atoms with Crippen LogP contribution in [0.5, 0.6) is 0 Å². The number of aryl methyl sites for hydroxylation is 1. The lowest BCUT2D eigenvalue weighted by molar-refractivity contribution is 0.103. The number of rotatable bonds is 2. The summed E-state index contributed by atoms with van der Waals surface area (Å²) in [6.07, 6.45) is 6.34. The highest BCUT2D eigenvalue weighted by molar-refractivity contribution is 6.12. The molecule has 0 bridgehead atoms. The molecule has 0 saturated carbocycles. The Hall–Kier alpha value is -2.93. The van der Waals surface area contributed by atoms with E-state index < -0.39 is 0 Å². The molecule has 0 aliphatic heterocycles. The Bertz CT molecular complexity index is 1110. The maximum Gasteiger partial charge on any atom is 0.193 e. The highest BCUT2D eigenvalue weighted by atomic mass is 16.1. The second-order valence-corrected chi connectivity index (χ2v) is 8.08. The fraction of sp³-hybridized carbons (Fsp3) is 0.192. The van der Waals surface area contributed by atoms with Gasteiger partial charge in [-0.3, -0.25) is 4.79 Å². The number of ketones is 1. The van der Waals surface area contributed by atoms with E-state index in [9.17, 15) is 4.79 Å². The maximum absolute atomic E-state index is 13.4. The minimum Gasteiger partial charge on any atom is -0.289 e. The van der Waals surface area contributed by atoms with Gasteiger partial charge in [-0.15, -0.1) is 0 Å². The van der Waals surface area contributed by atoms with Crippen molar-refractivity contribution in [2.45, 2.75) is 32.1 Å². The molecule has 0 aromatic heterocycles. The molecule has 0 radical (unpaired) electrons. The third kappa shape index (κ3) is 2.35. The van der Waals surface area contributed by atoms with Crippen LogP contribution in [0.2, 0.25) is 0 Å². The zero-order chi connectivity index (χ0) is 18.6. The van der Waals surface area contributed by atoms with Gasteiger partial charge in [0.25, 0.3) is 0 Å². The quantitative estimate of drug-likeness (QED) is 0.504. The SMILES string of the molecule is CC1(C)c2ccccc2-c2ccc(C(=O)c3cccc4c3C=CCC4)cc21. The topological polar surface area (TPSA) is 17.1 Å². The van der Waals surface area contributed by atoms with Crippen LogP contribution in [0.3, 0.4) is 0 Å². The van der Waals surface area contributed by atoms with Crippen LogP contribution >= 0.6 is 0 Å². The van der Waals surface area contributed by atoms with Crippen LogP contribution in [0, 0.1) is 0 Å². The van der Waals surface area contributed by atoms with Gasteiger partial charge < -0.3 is 0 Å². The lowest BCUT2D eigenvalue weighted by atomic mass is 9.81. The molecule has 0 spiro atoms. The van der Waals surface area contributed by atoms with Gasteiger partial charge in [0.2, 0.25) is 0 Å². The van der Waals surface area contributed by atoms with Gasteiger partial charge in [-0.05, 0) is 52.3 Å². The highest BCUT2D eigenvalue weighted by Gasteiger charge is 2.35. The molecule has 0 fully saturated rings. The van der Waals surface area contributed by atoms with E-state index in [0.717, 1.165) is 29.5 Å². The third-order valence-electron chi connectivity index (χ3n) is 6.15. The summed E-state index contributed by atoms with van der Waals surface area (Å²) in [6.45, 7) is 4.50. The zero-order valence-corrected chi connectivity index (χ0v) is 15.8. The van der Waals surface area contributed by atoms with E-state index in [1.54, 1.807) is 0 Å². The molecule has 0 atom stereocenters. The summed E-state index contributed by atoms with van der Waals surface area (Å²) in [4.78, 5) is 13.4. The molecule has 0 saturated heterocycles. The molecule has 0 amide bonds. The average Bonchev–Trinajstić information content (AvgIpc) is 2.94. The molecular weight excluding hydrogens is 328 g/mol. The molecule has 1 heteroatoms. The molecular formula is C26H22O. The van der Waals surface area contributed by atoms with Gasteiger partial charge in [0.1, 0.15) is 0 Å². The smallest absolute Gasteiger partial charge is 0.193 e. The van der Waals surface area contributed by atoms with Crippen molar-refractivity contribution in [3.63, 3.8) is 0 Å². The minimum absolute atomic E-state index is 0.0851. The molecule has 0 N–H and O–H groups in total. The second kappa shape index (κ2) is 5.79. The summed E-state index contributed by atoms with van der Waals surface area (Å²) >= 11 is 0. The van der Waals surface area contributed by atoms with Gasteiger partial charge in [0.15, 0.2) is 5.78 Å².